The lowest BCUT2D eigenvalue weighted by Crippen LogP contribution is -2.33. The first kappa shape index (κ1) is 19.0. The van der Waals surface area contributed by atoms with Gasteiger partial charge in [0.05, 0.1) is 12.5 Å². The van der Waals surface area contributed by atoms with Gasteiger partial charge in [0.2, 0.25) is 0 Å². The Morgan fingerprint density at radius 1 is 1.32 bits per heavy atom. The van der Waals surface area contributed by atoms with Crippen LogP contribution in [-0.2, 0) is 16.1 Å². The van der Waals surface area contributed by atoms with Gasteiger partial charge >= 0.3 is 5.97 Å². The number of carbonyl (C=O) groups excluding carboxylic acids is 1. The van der Waals surface area contributed by atoms with E-state index in [0.717, 1.165) is 28.7 Å². The molecule has 0 bridgehead atoms. The van der Waals surface area contributed by atoms with E-state index in [9.17, 15) is 9.59 Å². The maximum absolute atomic E-state index is 12.6. The summed E-state index contributed by atoms with van der Waals surface area (Å²) in [7, 11) is 3.31. The molecule has 1 aromatic carbocycles. The van der Waals surface area contributed by atoms with Gasteiger partial charge in [0.15, 0.2) is 0 Å². The molecule has 2 rings (SSSR count). The van der Waals surface area contributed by atoms with Crippen molar-refractivity contribution in [3.8, 4) is 0 Å². The van der Waals surface area contributed by atoms with Crippen molar-refractivity contribution < 1.29 is 19.4 Å². The van der Waals surface area contributed by atoms with E-state index >= 15 is 0 Å². The smallest absolute Gasteiger partial charge is 0.308 e. The van der Waals surface area contributed by atoms with Gasteiger partial charge in [0.1, 0.15) is 0 Å². The summed E-state index contributed by atoms with van der Waals surface area (Å²) in [4.78, 5) is 25.1. The Labute approximate surface area is 148 Å². The van der Waals surface area contributed by atoms with Crippen LogP contribution in [0, 0.1) is 19.8 Å². The van der Waals surface area contributed by atoms with E-state index in [1.54, 1.807) is 27.1 Å². The summed E-state index contributed by atoms with van der Waals surface area (Å²) in [5.74, 6) is -1.68. The van der Waals surface area contributed by atoms with Crippen LogP contribution in [0.25, 0.3) is 10.9 Å². The van der Waals surface area contributed by atoms with E-state index in [0.29, 0.717) is 12.2 Å². The van der Waals surface area contributed by atoms with Crippen LogP contribution in [-0.4, -0.2) is 53.8 Å². The number of benzene rings is 1. The van der Waals surface area contributed by atoms with Crippen LogP contribution in [0.5, 0.6) is 0 Å². The molecule has 0 aliphatic carbocycles. The summed E-state index contributed by atoms with van der Waals surface area (Å²) < 4.78 is 7.37. The number of carboxylic acid groups (broad SMARTS) is 1. The van der Waals surface area contributed by atoms with Crippen molar-refractivity contribution in [2.45, 2.75) is 27.3 Å². The average molecular weight is 346 g/mol. The van der Waals surface area contributed by atoms with Crippen molar-refractivity contribution in [2.24, 2.45) is 5.92 Å². The highest BCUT2D eigenvalue weighted by molar-refractivity contribution is 5.99. The first-order valence-corrected chi connectivity index (χ1v) is 8.34. The van der Waals surface area contributed by atoms with Crippen molar-refractivity contribution >= 4 is 22.8 Å². The van der Waals surface area contributed by atoms with Crippen LogP contribution in [0.4, 0.5) is 0 Å². The maximum atomic E-state index is 12.6. The van der Waals surface area contributed by atoms with Crippen LogP contribution in [0.3, 0.4) is 0 Å². The standard InChI is InChI=1S/C19H26N2O4/c1-12(19(23)24)11-20(4)18(22)15-6-7-17-16(10-15)13(2)14(3)21(17)8-9-25-5/h6-7,10,12H,8-9,11H2,1-5H3,(H,23,24). The number of carboxylic acids is 1. The van der Waals surface area contributed by atoms with Crippen molar-refractivity contribution in [3.63, 3.8) is 0 Å². The minimum absolute atomic E-state index is 0.170. The van der Waals surface area contributed by atoms with E-state index in [1.165, 1.54) is 4.90 Å². The van der Waals surface area contributed by atoms with Gasteiger partial charge in [0.25, 0.3) is 5.91 Å². The van der Waals surface area contributed by atoms with Gasteiger partial charge in [0, 0.05) is 49.4 Å². The molecule has 6 heteroatoms. The molecule has 1 amide bonds. The van der Waals surface area contributed by atoms with Gasteiger partial charge in [-0.3, -0.25) is 9.59 Å². The van der Waals surface area contributed by atoms with Crippen LogP contribution in [0.2, 0.25) is 0 Å². The Morgan fingerprint density at radius 3 is 2.60 bits per heavy atom. The molecule has 0 fully saturated rings. The molecular formula is C19H26N2O4. The summed E-state index contributed by atoms with van der Waals surface area (Å²) in [6.45, 7) is 7.27. The fraction of sp³-hybridized carbons (Fsp3) is 0.474. The predicted octanol–water partition coefficient (Wildman–Crippen LogP) is 2.70. The number of amides is 1. The number of aryl methyl sites for hydroxylation is 1. The number of nitrogens with zero attached hydrogens (tertiary/aromatic N) is 2. The van der Waals surface area contributed by atoms with Gasteiger partial charge in [-0.25, -0.2) is 0 Å². The van der Waals surface area contributed by atoms with Crippen molar-refractivity contribution in [1.29, 1.82) is 0 Å². The summed E-state index contributed by atoms with van der Waals surface area (Å²) >= 11 is 0. The zero-order valence-electron chi connectivity index (χ0n) is 15.5. The highest BCUT2D eigenvalue weighted by atomic mass is 16.5. The molecule has 0 saturated heterocycles. The second-order valence-corrected chi connectivity index (χ2v) is 6.51. The number of rotatable bonds is 7. The number of hydrogen-bond donors (Lipinski definition) is 1. The molecule has 0 radical (unpaired) electrons. The molecule has 1 heterocycles. The Bertz CT molecular complexity index is 794. The number of aromatic nitrogens is 1. The van der Waals surface area contributed by atoms with Crippen LogP contribution in [0.15, 0.2) is 18.2 Å². The largest absolute Gasteiger partial charge is 0.481 e. The number of carbonyl (C=O) groups is 2. The third kappa shape index (κ3) is 3.85. The Kier molecular flexibility index (Phi) is 5.85. The number of hydrogen-bond acceptors (Lipinski definition) is 3. The molecule has 1 N–H and O–H groups in total. The second kappa shape index (κ2) is 7.70. The summed E-state index contributed by atoms with van der Waals surface area (Å²) in [6, 6.07) is 5.65. The third-order valence-corrected chi connectivity index (χ3v) is 4.72. The van der Waals surface area contributed by atoms with Gasteiger partial charge in [-0.1, -0.05) is 6.92 Å². The first-order valence-electron chi connectivity index (χ1n) is 8.34. The van der Waals surface area contributed by atoms with Gasteiger partial charge < -0.3 is 19.3 Å². The lowest BCUT2D eigenvalue weighted by molar-refractivity contribution is -0.141. The average Bonchev–Trinajstić information content (AvgIpc) is 2.82. The molecule has 1 atom stereocenters. The van der Waals surface area contributed by atoms with E-state index in [-0.39, 0.29) is 12.5 Å². The SMILES string of the molecule is COCCn1c(C)c(C)c2cc(C(=O)N(C)CC(C)C(=O)O)ccc21. The van der Waals surface area contributed by atoms with Crippen molar-refractivity contribution in [2.75, 3.05) is 27.3 Å². The predicted molar refractivity (Wildman–Crippen MR) is 97.0 cm³/mol. The number of fused-ring (bicyclic) bond motifs is 1. The molecule has 1 aromatic heterocycles. The molecule has 136 valence electrons. The summed E-state index contributed by atoms with van der Waals surface area (Å²) in [5.41, 5.74) is 3.94. The Morgan fingerprint density at radius 2 is 2.00 bits per heavy atom. The van der Waals surface area contributed by atoms with E-state index in [4.69, 9.17) is 9.84 Å². The highest BCUT2D eigenvalue weighted by Crippen LogP contribution is 2.26. The number of aliphatic carboxylic acids is 1. The van der Waals surface area contributed by atoms with Crippen LogP contribution in [0.1, 0.15) is 28.5 Å². The fourth-order valence-corrected chi connectivity index (χ4v) is 3.05. The molecule has 0 aliphatic heterocycles. The lowest BCUT2D eigenvalue weighted by atomic mass is 10.1. The molecule has 0 saturated carbocycles. The monoisotopic (exact) mass is 346 g/mol. The lowest BCUT2D eigenvalue weighted by Gasteiger charge is -2.19. The van der Waals surface area contributed by atoms with Crippen molar-refractivity contribution in [3.05, 3.63) is 35.0 Å². The summed E-state index contributed by atoms with van der Waals surface area (Å²) in [6.07, 6.45) is 0. The van der Waals surface area contributed by atoms with Crippen LogP contribution < -0.4 is 0 Å². The van der Waals surface area contributed by atoms with Crippen molar-refractivity contribution in [1.82, 2.24) is 9.47 Å². The maximum Gasteiger partial charge on any atom is 0.308 e. The highest BCUT2D eigenvalue weighted by Gasteiger charge is 2.20. The van der Waals surface area contributed by atoms with Gasteiger partial charge in [-0.2, -0.15) is 0 Å². The Hall–Kier alpha value is -2.34. The molecule has 25 heavy (non-hydrogen) atoms. The van der Waals surface area contributed by atoms with Gasteiger partial charge in [-0.15, -0.1) is 0 Å². The molecule has 2 aromatic rings. The molecule has 0 aliphatic rings. The second-order valence-electron chi connectivity index (χ2n) is 6.51. The third-order valence-electron chi connectivity index (χ3n) is 4.72. The number of methoxy groups -OCH3 is 1. The normalized spacial score (nSPS) is 12.4. The topological polar surface area (TPSA) is 71.8 Å². The molecule has 6 nitrogen and oxygen atoms in total. The minimum Gasteiger partial charge on any atom is -0.481 e. The minimum atomic E-state index is -0.906. The molecule has 0 spiro atoms. The van der Waals surface area contributed by atoms with Gasteiger partial charge in [-0.05, 0) is 37.6 Å². The van der Waals surface area contributed by atoms with Crippen LogP contribution >= 0.6 is 0 Å². The zero-order chi connectivity index (χ0) is 18.7. The van der Waals surface area contributed by atoms with E-state index < -0.39 is 11.9 Å². The number of ether oxygens (including phenoxy) is 1. The molecular weight excluding hydrogens is 320 g/mol. The quantitative estimate of drug-likeness (QED) is 0.837. The first-order chi connectivity index (χ1) is 11.8. The van der Waals surface area contributed by atoms with E-state index in [2.05, 4.69) is 11.5 Å². The van der Waals surface area contributed by atoms with E-state index in [1.807, 2.05) is 19.1 Å². The fourth-order valence-electron chi connectivity index (χ4n) is 3.05. The molecule has 1 unspecified atom stereocenters. The zero-order valence-corrected chi connectivity index (χ0v) is 15.5. The Balaban J connectivity index is 2.33. The summed E-state index contributed by atoms with van der Waals surface area (Å²) in [5, 5.41) is 10.1.